The number of ketones is 1. The SMILES string of the molecule is CC(=O)C1NCc2c(sc3c2=CCNC=3)N2CNNC12. The zero-order valence-corrected chi connectivity index (χ0v) is 12.0. The van der Waals surface area contributed by atoms with Crippen molar-refractivity contribution in [2.24, 2.45) is 0 Å². The second-order valence-corrected chi connectivity index (χ2v) is 6.31. The number of hydrogen-bond donors (Lipinski definition) is 4. The fourth-order valence-corrected chi connectivity index (χ4v) is 4.36. The Morgan fingerprint density at radius 3 is 3.25 bits per heavy atom. The maximum absolute atomic E-state index is 11.9. The molecule has 7 heteroatoms. The van der Waals surface area contributed by atoms with Gasteiger partial charge in [-0.25, -0.2) is 10.9 Å². The van der Waals surface area contributed by atoms with Crippen LogP contribution < -0.4 is 36.1 Å². The van der Waals surface area contributed by atoms with Crippen LogP contribution in [0, 0.1) is 0 Å². The van der Waals surface area contributed by atoms with E-state index in [9.17, 15) is 4.79 Å². The second kappa shape index (κ2) is 4.56. The number of fused-ring (bicyclic) bond motifs is 5. The van der Waals surface area contributed by atoms with Gasteiger partial charge in [-0.3, -0.25) is 4.79 Å². The quantitative estimate of drug-likeness (QED) is 0.486. The van der Waals surface area contributed by atoms with Gasteiger partial charge in [-0.05, 0) is 12.1 Å². The van der Waals surface area contributed by atoms with Gasteiger partial charge in [0, 0.05) is 24.9 Å². The van der Waals surface area contributed by atoms with Gasteiger partial charge in [0.2, 0.25) is 0 Å². The largest absolute Gasteiger partial charge is 0.386 e. The lowest BCUT2D eigenvalue weighted by atomic mass is 10.1. The number of hydrazine groups is 1. The number of anilines is 1. The van der Waals surface area contributed by atoms with Crippen LogP contribution in [-0.4, -0.2) is 31.2 Å². The average Bonchev–Trinajstić information content (AvgIpc) is 3.01. The number of carbonyl (C=O) groups excluding carboxylic acids is 1. The number of nitrogens with zero attached hydrogens (tertiary/aromatic N) is 1. The Kier molecular flexibility index (Phi) is 2.81. The standard InChI is InChI=1S/C13H17N5OS/c1-7(19)11-12-17-16-6-18(12)13-9(4-15-11)8-2-3-14-5-10(8)20-13/h2,5,11-12,14-17H,3-4,6H2,1H3. The molecule has 1 aromatic heterocycles. The monoisotopic (exact) mass is 291 g/mol. The summed E-state index contributed by atoms with van der Waals surface area (Å²) in [6, 6.07) is -0.189. The highest BCUT2D eigenvalue weighted by Crippen LogP contribution is 2.28. The molecule has 1 aromatic rings. The molecule has 0 bridgehead atoms. The van der Waals surface area contributed by atoms with E-state index in [4.69, 9.17) is 0 Å². The Morgan fingerprint density at radius 2 is 2.40 bits per heavy atom. The van der Waals surface area contributed by atoms with E-state index >= 15 is 0 Å². The van der Waals surface area contributed by atoms with Gasteiger partial charge in [0.15, 0.2) is 0 Å². The summed E-state index contributed by atoms with van der Waals surface area (Å²) in [5, 5.41) is 9.23. The predicted molar refractivity (Wildman–Crippen MR) is 79.2 cm³/mol. The Hall–Kier alpha value is -1.41. The minimum atomic E-state index is -0.189. The van der Waals surface area contributed by atoms with Gasteiger partial charge in [-0.2, -0.15) is 0 Å². The van der Waals surface area contributed by atoms with Crippen LogP contribution in [-0.2, 0) is 11.3 Å². The van der Waals surface area contributed by atoms with Gasteiger partial charge >= 0.3 is 0 Å². The van der Waals surface area contributed by atoms with Gasteiger partial charge in [-0.15, -0.1) is 11.3 Å². The van der Waals surface area contributed by atoms with E-state index in [0.29, 0.717) is 0 Å². The molecule has 0 aromatic carbocycles. The molecule has 3 aliphatic rings. The minimum absolute atomic E-state index is 0.0261. The summed E-state index contributed by atoms with van der Waals surface area (Å²) in [6.45, 7) is 3.97. The van der Waals surface area contributed by atoms with E-state index in [1.165, 1.54) is 20.3 Å². The number of hydrogen-bond acceptors (Lipinski definition) is 7. The topological polar surface area (TPSA) is 68.4 Å². The lowest BCUT2D eigenvalue weighted by molar-refractivity contribution is -0.119. The summed E-state index contributed by atoms with van der Waals surface area (Å²) >= 11 is 1.79. The molecule has 2 atom stereocenters. The van der Waals surface area contributed by atoms with E-state index < -0.39 is 0 Å². The van der Waals surface area contributed by atoms with Crippen molar-refractivity contribution < 1.29 is 4.79 Å². The molecular weight excluding hydrogens is 274 g/mol. The van der Waals surface area contributed by atoms with E-state index in [2.05, 4.69) is 38.7 Å². The number of carbonyl (C=O) groups is 1. The zero-order valence-electron chi connectivity index (χ0n) is 11.2. The van der Waals surface area contributed by atoms with E-state index in [-0.39, 0.29) is 18.0 Å². The number of Topliss-reactive ketones (excluding diaryl/α,β-unsaturated/α-hetero) is 1. The smallest absolute Gasteiger partial charge is 0.150 e. The molecule has 3 aliphatic heterocycles. The summed E-state index contributed by atoms with van der Waals surface area (Å²) in [5.41, 5.74) is 7.67. The molecule has 0 spiro atoms. The van der Waals surface area contributed by atoms with Crippen molar-refractivity contribution in [2.45, 2.75) is 25.7 Å². The Labute approximate surface area is 120 Å². The van der Waals surface area contributed by atoms with Crippen molar-refractivity contribution >= 4 is 34.4 Å². The van der Waals surface area contributed by atoms with E-state index in [1.807, 2.05) is 0 Å². The molecule has 6 nitrogen and oxygen atoms in total. The van der Waals surface area contributed by atoms with Crippen LogP contribution in [0.15, 0.2) is 0 Å². The van der Waals surface area contributed by atoms with Crippen molar-refractivity contribution in [2.75, 3.05) is 18.1 Å². The van der Waals surface area contributed by atoms with Crippen LogP contribution in [0.5, 0.6) is 0 Å². The number of nitrogens with one attached hydrogen (secondary N) is 4. The van der Waals surface area contributed by atoms with Crippen molar-refractivity contribution in [1.82, 2.24) is 21.5 Å². The third kappa shape index (κ3) is 1.71. The van der Waals surface area contributed by atoms with Gasteiger partial charge in [0.25, 0.3) is 0 Å². The molecule has 4 N–H and O–H groups in total. The Morgan fingerprint density at radius 1 is 1.50 bits per heavy atom. The molecule has 0 radical (unpaired) electrons. The number of rotatable bonds is 1. The van der Waals surface area contributed by atoms with Crippen LogP contribution in [0.25, 0.3) is 12.3 Å². The molecular formula is C13H17N5OS. The second-order valence-electron chi connectivity index (χ2n) is 5.28. The summed E-state index contributed by atoms with van der Waals surface area (Å²) < 4.78 is 1.27. The fraction of sp³-hybridized carbons (Fsp3) is 0.462. The molecule has 1 fully saturated rings. The van der Waals surface area contributed by atoms with Crippen LogP contribution >= 0.6 is 11.3 Å². The lowest BCUT2D eigenvalue weighted by Crippen LogP contribution is -2.54. The summed E-state index contributed by atoms with van der Waals surface area (Å²) in [5.74, 6) is 0.164. The van der Waals surface area contributed by atoms with Crippen LogP contribution in [0.2, 0.25) is 0 Å². The van der Waals surface area contributed by atoms with Gasteiger partial charge < -0.3 is 15.5 Å². The summed E-state index contributed by atoms with van der Waals surface area (Å²) in [6.07, 6.45) is 4.29. The third-order valence-corrected chi connectivity index (χ3v) is 5.29. The van der Waals surface area contributed by atoms with Crippen molar-refractivity contribution in [3.05, 3.63) is 15.3 Å². The first-order valence-electron chi connectivity index (χ1n) is 6.80. The normalized spacial score (nSPS) is 27.4. The van der Waals surface area contributed by atoms with E-state index in [0.717, 1.165) is 19.8 Å². The molecule has 1 saturated heterocycles. The van der Waals surface area contributed by atoms with E-state index in [1.54, 1.807) is 18.3 Å². The van der Waals surface area contributed by atoms with Gasteiger partial charge in [0.1, 0.15) is 18.0 Å². The first kappa shape index (κ1) is 12.3. The van der Waals surface area contributed by atoms with Crippen molar-refractivity contribution in [3.63, 3.8) is 0 Å². The molecule has 106 valence electrons. The summed E-state index contributed by atoms with van der Waals surface area (Å²) in [7, 11) is 0. The molecule has 0 saturated carbocycles. The third-order valence-electron chi connectivity index (χ3n) is 4.06. The predicted octanol–water partition coefficient (Wildman–Crippen LogP) is -1.87. The van der Waals surface area contributed by atoms with Crippen LogP contribution in [0.3, 0.4) is 0 Å². The Balaban J connectivity index is 1.87. The first-order chi connectivity index (χ1) is 9.75. The van der Waals surface area contributed by atoms with Crippen molar-refractivity contribution in [3.8, 4) is 0 Å². The Bertz CT molecular complexity index is 682. The lowest BCUT2D eigenvalue weighted by Gasteiger charge is -2.27. The maximum Gasteiger partial charge on any atom is 0.150 e. The zero-order chi connectivity index (χ0) is 13.7. The molecule has 4 heterocycles. The van der Waals surface area contributed by atoms with Crippen molar-refractivity contribution in [1.29, 1.82) is 0 Å². The average molecular weight is 291 g/mol. The highest BCUT2D eigenvalue weighted by molar-refractivity contribution is 7.14. The molecule has 4 rings (SSSR count). The fourth-order valence-electron chi connectivity index (χ4n) is 3.09. The molecule has 20 heavy (non-hydrogen) atoms. The van der Waals surface area contributed by atoms with Gasteiger partial charge in [-0.1, -0.05) is 6.08 Å². The van der Waals surface area contributed by atoms with Gasteiger partial charge in [0.05, 0.1) is 16.2 Å². The summed E-state index contributed by atoms with van der Waals surface area (Å²) in [4.78, 5) is 14.1. The molecule has 0 amide bonds. The number of thiophene rings is 1. The molecule has 0 aliphatic carbocycles. The highest BCUT2D eigenvalue weighted by Gasteiger charge is 2.38. The first-order valence-corrected chi connectivity index (χ1v) is 7.61. The highest BCUT2D eigenvalue weighted by atomic mass is 32.1. The maximum atomic E-state index is 11.9. The van der Waals surface area contributed by atoms with Crippen LogP contribution in [0.4, 0.5) is 5.00 Å². The van der Waals surface area contributed by atoms with Crippen LogP contribution in [0.1, 0.15) is 12.5 Å². The minimum Gasteiger partial charge on any atom is -0.386 e. The molecule has 2 unspecified atom stereocenters.